The van der Waals surface area contributed by atoms with Crippen molar-refractivity contribution in [1.29, 1.82) is 0 Å². The summed E-state index contributed by atoms with van der Waals surface area (Å²) in [5, 5.41) is 9.85. The number of aliphatic hydroxyl groups is 1. The van der Waals surface area contributed by atoms with Gasteiger partial charge in [-0.05, 0) is 60.7 Å². The van der Waals surface area contributed by atoms with E-state index in [1.165, 1.54) is 21.6 Å². The Bertz CT molecular complexity index is 735. The van der Waals surface area contributed by atoms with Crippen molar-refractivity contribution in [2.24, 2.45) is 0 Å². The highest BCUT2D eigenvalue weighted by atomic mass is 32.1. The molecule has 1 atom stereocenters. The van der Waals surface area contributed by atoms with Gasteiger partial charge >= 0.3 is 0 Å². The van der Waals surface area contributed by atoms with Crippen molar-refractivity contribution in [3.05, 3.63) is 40.3 Å². The Morgan fingerprint density at radius 1 is 1.20 bits per heavy atom. The van der Waals surface area contributed by atoms with Crippen LogP contribution in [0.1, 0.15) is 29.0 Å². The van der Waals surface area contributed by atoms with Gasteiger partial charge in [-0.25, -0.2) is 0 Å². The fourth-order valence-electron chi connectivity index (χ4n) is 3.54. The van der Waals surface area contributed by atoms with Crippen LogP contribution in [0.15, 0.2) is 24.3 Å². The molecule has 0 amide bonds. The summed E-state index contributed by atoms with van der Waals surface area (Å²) in [4.78, 5) is 4.76. The van der Waals surface area contributed by atoms with Crippen molar-refractivity contribution in [3.63, 3.8) is 0 Å². The van der Waals surface area contributed by atoms with E-state index in [1.807, 2.05) is 6.92 Å². The molecule has 1 aliphatic heterocycles. The van der Waals surface area contributed by atoms with Crippen LogP contribution in [0, 0.1) is 0 Å². The average Bonchev–Trinajstić information content (AvgIpc) is 3.07. The van der Waals surface area contributed by atoms with Crippen LogP contribution < -0.4 is 4.74 Å². The monoisotopic (exact) mass is 359 g/mol. The van der Waals surface area contributed by atoms with Crippen molar-refractivity contribution in [3.8, 4) is 16.2 Å². The quantitative estimate of drug-likeness (QED) is 0.890. The van der Waals surface area contributed by atoms with Crippen LogP contribution in [-0.4, -0.2) is 49.5 Å². The Morgan fingerprint density at radius 2 is 2.00 bits per heavy atom. The van der Waals surface area contributed by atoms with Gasteiger partial charge in [0.25, 0.3) is 0 Å². The molecule has 2 heterocycles. The number of aliphatic hydroxyl groups excluding tert-OH is 1. The van der Waals surface area contributed by atoms with Crippen LogP contribution in [0.5, 0.6) is 5.75 Å². The molecule has 1 aromatic heterocycles. The van der Waals surface area contributed by atoms with Crippen LogP contribution in [0.4, 0.5) is 0 Å². The molecule has 5 heteroatoms. The summed E-state index contributed by atoms with van der Waals surface area (Å²) in [7, 11) is 0. The molecule has 1 saturated heterocycles. The number of ether oxygens (including phenoxy) is 2. The number of hydrogen-bond donors (Lipinski definition) is 1. The molecular formula is C20H25NO3S. The SMILES string of the molecule is CC(O)c1cc2c(s1)-c1ccc(OCCN3CCOCC3)cc1CC2. The normalized spacial score (nSPS) is 18.5. The molecule has 4 nitrogen and oxygen atoms in total. The first-order valence-electron chi connectivity index (χ1n) is 9.07. The van der Waals surface area contributed by atoms with Crippen molar-refractivity contribution in [2.75, 3.05) is 39.5 Å². The first-order chi connectivity index (χ1) is 12.2. The molecule has 1 unspecified atom stereocenters. The van der Waals surface area contributed by atoms with Gasteiger partial charge in [0.05, 0.1) is 19.3 Å². The second-order valence-electron chi connectivity index (χ2n) is 6.80. The van der Waals surface area contributed by atoms with E-state index in [0.29, 0.717) is 0 Å². The Balaban J connectivity index is 1.43. The van der Waals surface area contributed by atoms with Gasteiger partial charge in [-0.1, -0.05) is 0 Å². The van der Waals surface area contributed by atoms with E-state index in [0.717, 1.165) is 62.9 Å². The fraction of sp³-hybridized carbons (Fsp3) is 0.500. The van der Waals surface area contributed by atoms with E-state index >= 15 is 0 Å². The lowest BCUT2D eigenvalue weighted by Gasteiger charge is -2.26. The topological polar surface area (TPSA) is 41.9 Å². The van der Waals surface area contributed by atoms with E-state index in [2.05, 4.69) is 29.2 Å². The molecule has 0 bridgehead atoms. The van der Waals surface area contributed by atoms with E-state index in [9.17, 15) is 5.11 Å². The minimum Gasteiger partial charge on any atom is -0.492 e. The van der Waals surface area contributed by atoms with Gasteiger partial charge in [0.2, 0.25) is 0 Å². The number of fused-ring (bicyclic) bond motifs is 3. The van der Waals surface area contributed by atoms with Crippen LogP contribution in [0.3, 0.4) is 0 Å². The molecular weight excluding hydrogens is 334 g/mol. The maximum atomic E-state index is 9.85. The van der Waals surface area contributed by atoms with Gasteiger partial charge in [-0.15, -0.1) is 11.3 Å². The van der Waals surface area contributed by atoms with Crippen molar-refractivity contribution >= 4 is 11.3 Å². The zero-order valence-corrected chi connectivity index (χ0v) is 15.5. The number of aryl methyl sites for hydroxylation is 2. The lowest BCUT2D eigenvalue weighted by molar-refractivity contribution is 0.0322. The zero-order valence-electron chi connectivity index (χ0n) is 14.7. The van der Waals surface area contributed by atoms with E-state index in [4.69, 9.17) is 9.47 Å². The van der Waals surface area contributed by atoms with Crippen LogP contribution >= 0.6 is 11.3 Å². The summed E-state index contributed by atoms with van der Waals surface area (Å²) in [6.45, 7) is 7.17. The molecule has 0 spiro atoms. The molecule has 1 fully saturated rings. The predicted molar refractivity (Wildman–Crippen MR) is 101 cm³/mol. The minimum atomic E-state index is -0.387. The summed E-state index contributed by atoms with van der Waals surface area (Å²) >= 11 is 1.72. The Labute approximate surface area is 153 Å². The summed E-state index contributed by atoms with van der Waals surface area (Å²) in [6, 6.07) is 8.62. The average molecular weight is 359 g/mol. The van der Waals surface area contributed by atoms with Crippen molar-refractivity contribution in [2.45, 2.75) is 25.9 Å². The van der Waals surface area contributed by atoms with Crippen molar-refractivity contribution in [1.82, 2.24) is 4.90 Å². The standard InChI is InChI=1S/C20H25NO3S/c1-14(22)19-13-16-3-2-15-12-17(4-5-18(15)20(16)25-19)24-11-8-21-6-9-23-10-7-21/h4-5,12-14,22H,2-3,6-11H2,1H3. The Morgan fingerprint density at radius 3 is 2.80 bits per heavy atom. The largest absolute Gasteiger partial charge is 0.492 e. The highest BCUT2D eigenvalue weighted by molar-refractivity contribution is 7.15. The fourth-order valence-corrected chi connectivity index (χ4v) is 4.75. The first kappa shape index (κ1) is 17.0. The third kappa shape index (κ3) is 3.75. The predicted octanol–water partition coefficient (Wildman–Crippen LogP) is 3.28. The number of nitrogens with zero attached hydrogens (tertiary/aromatic N) is 1. The van der Waals surface area contributed by atoms with Gasteiger partial charge in [0, 0.05) is 29.4 Å². The number of thiophene rings is 1. The number of morpholine rings is 1. The minimum absolute atomic E-state index is 0.387. The third-order valence-corrected chi connectivity index (χ3v) is 6.39. The van der Waals surface area contributed by atoms with Crippen LogP contribution in [0.2, 0.25) is 0 Å². The number of benzene rings is 1. The van der Waals surface area contributed by atoms with Gasteiger partial charge in [-0.3, -0.25) is 4.90 Å². The summed E-state index contributed by atoms with van der Waals surface area (Å²) < 4.78 is 11.4. The Kier molecular flexibility index (Phi) is 5.08. The smallest absolute Gasteiger partial charge is 0.119 e. The highest BCUT2D eigenvalue weighted by Gasteiger charge is 2.21. The maximum absolute atomic E-state index is 9.85. The first-order valence-corrected chi connectivity index (χ1v) is 9.89. The molecule has 2 aliphatic rings. The zero-order chi connectivity index (χ0) is 17.2. The molecule has 25 heavy (non-hydrogen) atoms. The second-order valence-corrected chi connectivity index (χ2v) is 7.88. The highest BCUT2D eigenvalue weighted by Crippen LogP contribution is 2.42. The molecule has 0 saturated carbocycles. The van der Waals surface area contributed by atoms with Gasteiger partial charge in [0.15, 0.2) is 0 Å². The van der Waals surface area contributed by atoms with E-state index < -0.39 is 0 Å². The molecule has 2 aromatic rings. The van der Waals surface area contributed by atoms with Gasteiger partial charge in [0.1, 0.15) is 12.4 Å². The summed E-state index contributed by atoms with van der Waals surface area (Å²) in [6.07, 6.45) is 1.70. The molecule has 1 N–H and O–H groups in total. The lowest BCUT2D eigenvalue weighted by Crippen LogP contribution is -2.38. The summed E-state index contributed by atoms with van der Waals surface area (Å²) in [5.41, 5.74) is 4.03. The van der Waals surface area contributed by atoms with E-state index in [-0.39, 0.29) is 6.10 Å². The van der Waals surface area contributed by atoms with E-state index in [1.54, 1.807) is 11.3 Å². The third-order valence-electron chi connectivity index (χ3n) is 5.00. The molecule has 1 aliphatic carbocycles. The van der Waals surface area contributed by atoms with Crippen molar-refractivity contribution < 1.29 is 14.6 Å². The molecule has 0 radical (unpaired) electrons. The van der Waals surface area contributed by atoms with Gasteiger partial charge < -0.3 is 14.6 Å². The molecule has 134 valence electrons. The number of rotatable bonds is 5. The molecule has 1 aromatic carbocycles. The molecule has 4 rings (SSSR count). The van der Waals surface area contributed by atoms with Crippen LogP contribution in [0.25, 0.3) is 10.4 Å². The summed E-state index contributed by atoms with van der Waals surface area (Å²) in [5.74, 6) is 0.961. The number of hydrogen-bond acceptors (Lipinski definition) is 5. The lowest BCUT2D eigenvalue weighted by atomic mass is 9.91. The van der Waals surface area contributed by atoms with Gasteiger partial charge in [-0.2, -0.15) is 0 Å². The second kappa shape index (κ2) is 7.46. The maximum Gasteiger partial charge on any atom is 0.119 e. The van der Waals surface area contributed by atoms with Crippen LogP contribution in [-0.2, 0) is 17.6 Å². The Hall–Kier alpha value is -1.40.